The Labute approximate surface area is 195 Å². The zero-order valence-electron chi connectivity index (χ0n) is 18.4. The van der Waals surface area contributed by atoms with Crippen LogP contribution in [0.2, 0.25) is 0 Å². The van der Waals surface area contributed by atoms with Gasteiger partial charge in [0.25, 0.3) is 5.91 Å². The summed E-state index contributed by atoms with van der Waals surface area (Å²) in [5.74, 6) is 1.13. The van der Waals surface area contributed by atoms with Crippen molar-refractivity contribution in [1.29, 1.82) is 0 Å². The zero-order chi connectivity index (χ0) is 22.8. The molecule has 170 valence electrons. The summed E-state index contributed by atoms with van der Waals surface area (Å²) < 4.78 is 28.4. The molecule has 7 heteroatoms. The average Bonchev–Trinajstić information content (AvgIpc) is 3.32. The summed E-state index contributed by atoms with van der Waals surface area (Å²) >= 11 is 1.80. The Kier molecular flexibility index (Phi) is 9.00. The summed E-state index contributed by atoms with van der Waals surface area (Å²) in [6, 6.07) is 19.6. The Morgan fingerprint density at radius 2 is 1.47 bits per heavy atom. The van der Waals surface area contributed by atoms with E-state index in [9.17, 15) is 13.2 Å². The van der Waals surface area contributed by atoms with E-state index in [2.05, 4.69) is 40.5 Å². The van der Waals surface area contributed by atoms with E-state index in [0.29, 0.717) is 12.0 Å². The van der Waals surface area contributed by atoms with Crippen LogP contribution >= 0.6 is 11.8 Å². The largest absolute Gasteiger partial charge is 0.324 e. The van der Waals surface area contributed by atoms with Gasteiger partial charge in [-0.3, -0.25) is 4.79 Å². The molecule has 32 heavy (non-hydrogen) atoms. The molecule has 3 rings (SSSR count). The van der Waals surface area contributed by atoms with E-state index in [4.69, 9.17) is 0 Å². The van der Waals surface area contributed by atoms with E-state index in [1.807, 2.05) is 36.7 Å². The number of carbonyl (C=O) groups excluding carboxylic acids is 1. The number of unbranched alkanes of at least 4 members (excludes halogenated alkanes) is 3. The molecule has 5 nitrogen and oxygen atoms in total. The maximum atomic E-state index is 12.3. The zero-order valence-corrected chi connectivity index (χ0v) is 20.0. The van der Waals surface area contributed by atoms with E-state index in [1.54, 1.807) is 23.9 Å². The number of rotatable bonds is 12. The molecule has 0 radical (unpaired) electrons. The number of thioether (sulfide) groups is 1. The maximum absolute atomic E-state index is 12.3. The monoisotopic (exact) mass is 470 g/mol. The van der Waals surface area contributed by atoms with Crippen molar-refractivity contribution in [3.05, 3.63) is 89.7 Å². The third-order valence-corrected chi connectivity index (χ3v) is 7.50. The number of hydrogen-bond donors (Lipinski definition) is 1. The van der Waals surface area contributed by atoms with Gasteiger partial charge in [-0.2, -0.15) is 11.8 Å². The molecule has 1 heterocycles. The van der Waals surface area contributed by atoms with Crippen molar-refractivity contribution in [3.8, 4) is 5.69 Å². The highest BCUT2D eigenvalue weighted by Gasteiger charge is 2.15. The maximum Gasteiger partial charge on any atom is 0.264 e. The van der Waals surface area contributed by atoms with Crippen LogP contribution in [0.5, 0.6) is 0 Å². The van der Waals surface area contributed by atoms with Gasteiger partial charge in [0.1, 0.15) is 0 Å². The van der Waals surface area contributed by atoms with Crippen LogP contribution in [-0.4, -0.2) is 24.6 Å². The van der Waals surface area contributed by atoms with Crippen LogP contribution in [0.4, 0.5) is 0 Å². The number of benzene rings is 2. The SMILES string of the molecule is CCCCCCS(=O)(=O)NC(=O)c1ccc(CSCc2ccc(-n3cccc3)cc2)cc1. The normalized spacial score (nSPS) is 11.4. The first-order valence-corrected chi connectivity index (χ1v) is 13.7. The molecule has 3 aromatic rings. The Morgan fingerprint density at radius 1 is 0.875 bits per heavy atom. The van der Waals surface area contributed by atoms with Crippen molar-refractivity contribution < 1.29 is 13.2 Å². The first-order chi connectivity index (χ1) is 15.5. The Hall–Kier alpha value is -2.51. The third kappa shape index (κ3) is 7.57. The molecule has 2 aromatic carbocycles. The Balaban J connectivity index is 1.44. The molecule has 0 saturated heterocycles. The number of nitrogens with one attached hydrogen (secondary N) is 1. The van der Waals surface area contributed by atoms with E-state index in [1.165, 1.54) is 5.56 Å². The van der Waals surface area contributed by atoms with Crippen molar-refractivity contribution in [1.82, 2.24) is 9.29 Å². The van der Waals surface area contributed by atoms with Gasteiger partial charge in [0, 0.05) is 35.2 Å². The number of carbonyl (C=O) groups is 1. The minimum absolute atomic E-state index is 0.0140. The first-order valence-electron chi connectivity index (χ1n) is 10.9. The summed E-state index contributed by atoms with van der Waals surface area (Å²) in [5, 5.41) is 0. The first kappa shape index (κ1) is 24.1. The minimum atomic E-state index is -3.59. The number of sulfonamides is 1. The molecule has 0 aliphatic heterocycles. The van der Waals surface area contributed by atoms with Crippen LogP contribution in [0.25, 0.3) is 5.69 Å². The lowest BCUT2D eigenvalue weighted by Crippen LogP contribution is -2.32. The fourth-order valence-corrected chi connectivity index (χ4v) is 5.32. The number of aromatic nitrogens is 1. The lowest BCUT2D eigenvalue weighted by atomic mass is 10.1. The second-order valence-corrected chi connectivity index (χ2v) is 10.6. The van der Waals surface area contributed by atoms with Gasteiger partial charge < -0.3 is 4.57 Å². The Morgan fingerprint density at radius 3 is 2.06 bits per heavy atom. The predicted octanol–water partition coefficient (Wildman–Crippen LogP) is 5.55. The van der Waals surface area contributed by atoms with Crippen molar-refractivity contribution in [3.63, 3.8) is 0 Å². The minimum Gasteiger partial charge on any atom is -0.324 e. The van der Waals surface area contributed by atoms with Crippen LogP contribution < -0.4 is 4.72 Å². The van der Waals surface area contributed by atoms with Gasteiger partial charge in [-0.1, -0.05) is 50.5 Å². The van der Waals surface area contributed by atoms with Crippen LogP contribution in [0.1, 0.15) is 54.1 Å². The molecule has 0 spiro atoms. The lowest BCUT2D eigenvalue weighted by molar-refractivity contribution is 0.0981. The van der Waals surface area contributed by atoms with Gasteiger partial charge in [0.15, 0.2) is 0 Å². The standard InChI is InChI=1S/C25H30N2O3S2/c1-2-3-4-7-18-32(29,30)26-25(28)23-12-8-21(9-13-23)19-31-20-22-10-14-24(15-11-22)27-16-5-6-17-27/h5-6,8-17H,2-4,7,18-20H2,1H3,(H,26,28). The molecule has 0 fully saturated rings. The van der Waals surface area contributed by atoms with Gasteiger partial charge in [0.2, 0.25) is 10.0 Å². The highest BCUT2D eigenvalue weighted by atomic mass is 32.2. The smallest absolute Gasteiger partial charge is 0.264 e. The second kappa shape index (κ2) is 11.9. The summed E-state index contributed by atoms with van der Waals surface area (Å²) in [6.45, 7) is 2.07. The number of amides is 1. The molecule has 0 unspecified atom stereocenters. The quantitative estimate of drug-likeness (QED) is 0.352. The molecule has 0 saturated carbocycles. The third-order valence-electron chi connectivity index (χ3n) is 5.11. The van der Waals surface area contributed by atoms with Crippen molar-refractivity contribution >= 4 is 27.7 Å². The van der Waals surface area contributed by atoms with E-state index in [0.717, 1.165) is 42.0 Å². The van der Waals surface area contributed by atoms with E-state index in [-0.39, 0.29) is 5.75 Å². The van der Waals surface area contributed by atoms with Gasteiger partial charge in [-0.15, -0.1) is 0 Å². The van der Waals surface area contributed by atoms with Gasteiger partial charge in [0.05, 0.1) is 5.75 Å². The predicted molar refractivity (Wildman–Crippen MR) is 133 cm³/mol. The molecule has 1 amide bonds. The average molecular weight is 471 g/mol. The van der Waals surface area contributed by atoms with Gasteiger partial charge >= 0.3 is 0 Å². The molecule has 0 aliphatic rings. The van der Waals surface area contributed by atoms with E-state index < -0.39 is 15.9 Å². The fraction of sp³-hybridized carbons (Fsp3) is 0.320. The van der Waals surface area contributed by atoms with Crippen LogP contribution in [0.3, 0.4) is 0 Å². The molecule has 0 atom stereocenters. The van der Waals surface area contributed by atoms with Crippen molar-refractivity contribution in [2.24, 2.45) is 0 Å². The van der Waals surface area contributed by atoms with Crippen LogP contribution in [0, 0.1) is 0 Å². The highest BCUT2D eigenvalue weighted by molar-refractivity contribution is 7.97. The van der Waals surface area contributed by atoms with Crippen molar-refractivity contribution in [2.45, 2.75) is 44.1 Å². The molecular weight excluding hydrogens is 440 g/mol. The molecule has 1 N–H and O–H groups in total. The second-order valence-electron chi connectivity index (χ2n) is 7.76. The van der Waals surface area contributed by atoms with Gasteiger partial charge in [-0.05, 0) is 53.9 Å². The topological polar surface area (TPSA) is 68.2 Å². The Bertz CT molecular complexity index is 1080. The summed E-state index contributed by atoms with van der Waals surface area (Å²) in [6.07, 6.45) is 7.52. The van der Waals surface area contributed by atoms with Crippen LogP contribution in [-0.2, 0) is 21.5 Å². The lowest BCUT2D eigenvalue weighted by Gasteiger charge is -2.08. The molecule has 0 bridgehead atoms. The molecule has 1 aromatic heterocycles. The molecule has 0 aliphatic carbocycles. The summed E-state index contributed by atoms with van der Waals surface area (Å²) in [5.41, 5.74) is 3.85. The number of hydrogen-bond acceptors (Lipinski definition) is 4. The summed E-state index contributed by atoms with van der Waals surface area (Å²) in [4.78, 5) is 12.3. The fourth-order valence-electron chi connectivity index (χ4n) is 3.28. The van der Waals surface area contributed by atoms with Crippen molar-refractivity contribution in [2.75, 3.05) is 5.75 Å². The molecular formula is C25H30N2O3S2. The van der Waals surface area contributed by atoms with Crippen LogP contribution in [0.15, 0.2) is 73.1 Å². The van der Waals surface area contributed by atoms with E-state index >= 15 is 0 Å². The highest BCUT2D eigenvalue weighted by Crippen LogP contribution is 2.20. The van der Waals surface area contributed by atoms with Gasteiger partial charge in [-0.25, -0.2) is 13.1 Å². The number of nitrogens with zero attached hydrogens (tertiary/aromatic N) is 1. The summed E-state index contributed by atoms with van der Waals surface area (Å²) in [7, 11) is -3.59.